The van der Waals surface area contributed by atoms with Crippen LogP contribution in [0.25, 0.3) is 11.2 Å². The average Bonchev–Trinajstić information content (AvgIpc) is 3.13. The third-order valence-electron chi connectivity index (χ3n) is 5.11. The maximum absolute atomic E-state index is 13.5. The van der Waals surface area contributed by atoms with E-state index in [1.807, 2.05) is 65.2 Å². The van der Waals surface area contributed by atoms with Gasteiger partial charge in [-0.15, -0.1) is 0 Å². The van der Waals surface area contributed by atoms with Gasteiger partial charge in [0.15, 0.2) is 16.3 Å². The zero-order chi connectivity index (χ0) is 22.0. The van der Waals surface area contributed by atoms with Gasteiger partial charge < -0.3 is 4.57 Å². The lowest BCUT2D eigenvalue weighted by atomic mass is 10.2. The summed E-state index contributed by atoms with van der Waals surface area (Å²) < 4.78 is 4.75. The molecular formula is C24H26N4O2S. The van der Waals surface area contributed by atoms with Gasteiger partial charge in [0.2, 0.25) is 0 Å². The molecule has 0 saturated carbocycles. The van der Waals surface area contributed by atoms with Gasteiger partial charge in [-0.05, 0) is 17.0 Å². The molecule has 0 amide bonds. The predicted octanol–water partition coefficient (Wildman–Crippen LogP) is 3.74. The molecule has 2 heterocycles. The molecule has 0 aliphatic rings. The second kappa shape index (κ2) is 8.98. The van der Waals surface area contributed by atoms with Crippen LogP contribution < -0.4 is 11.2 Å². The van der Waals surface area contributed by atoms with Crippen molar-refractivity contribution < 1.29 is 0 Å². The fourth-order valence-electron chi connectivity index (χ4n) is 3.52. The summed E-state index contributed by atoms with van der Waals surface area (Å²) in [7, 11) is 1.68. The molecule has 0 spiro atoms. The van der Waals surface area contributed by atoms with E-state index >= 15 is 0 Å². The van der Waals surface area contributed by atoms with Crippen molar-refractivity contribution >= 4 is 22.9 Å². The third-order valence-corrected chi connectivity index (χ3v) is 6.51. The highest BCUT2D eigenvalue weighted by atomic mass is 32.2. The first-order valence-electron chi connectivity index (χ1n) is 10.4. The second-order valence-electron chi connectivity index (χ2n) is 8.06. The predicted molar refractivity (Wildman–Crippen MR) is 126 cm³/mol. The molecule has 4 aromatic rings. The van der Waals surface area contributed by atoms with Crippen LogP contribution in [-0.4, -0.2) is 24.4 Å². The van der Waals surface area contributed by atoms with Crippen LogP contribution in [-0.2, 0) is 20.1 Å². The number of benzene rings is 2. The fraction of sp³-hybridized carbons (Fsp3) is 0.292. The third kappa shape index (κ3) is 4.37. The number of hydrogen-bond donors (Lipinski definition) is 0. The molecule has 0 saturated heterocycles. The van der Waals surface area contributed by atoms with E-state index < -0.39 is 0 Å². The van der Waals surface area contributed by atoms with Crippen molar-refractivity contribution in [2.24, 2.45) is 13.0 Å². The molecule has 0 fully saturated rings. The van der Waals surface area contributed by atoms with Gasteiger partial charge in [-0.2, -0.15) is 0 Å². The molecule has 2 aromatic carbocycles. The Balaban J connectivity index is 1.91. The first-order valence-corrected chi connectivity index (χ1v) is 11.3. The molecule has 0 unspecified atom stereocenters. The first-order chi connectivity index (χ1) is 15.0. The van der Waals surface area contributed by atoms with Crippen LogP contribution >= 0.6 is 11.8 Å². The SMILES string of the molecule is CC(C)CSc1nc2c(c(=O)n(Cc3ccccc3)c(=O)n2C)n1Cc1ccccc1. The second-order valence-corrected chi connectivity index (χ2v) is 9.05. The van der Waals surface area contributed by atoms with Crippen LogP contribution in [0.1, 0.15) is 25.0 Å². The van der Waals surface area contributed by atoms with Crippen LogP contribution in [0.3, 0.4) is 0 Å². The molecule has 7 heteroatoms. The van der Waals surface area contributed by atoms with Crippen molar-refractivity contribution in [1.29, 1.82) is 0 Å². The van der Waals surface area contributed by atoms with Crippen LogP contribution in [0.5, 0.6) is 0 Å². The van der Waals surface area contributed by atoms with Gasteiger partial charge in [0.1, 0.15) is 0 Å². The van der Waals surface area contributed by atoms with E-state index in [0.717, 1.165) is 22.0 Å². The van der Waals surface area contributed by atoms with Crippen molar-refractivity contribution in [3.63, 3.8) is 0 Å². The number of aryl methyl sites for hydroxylation is 1. The Morgan fingerprint density at radius 1 is 0.871 bits per heavy atom. The molecule has 0 aliphatic heterocycles. The topological polar surface area (TPSA) is 61.8 Å². The number of rotatable bonds is 7. The Hall–Kier alpha value is -3.06. The van der Waals surface area contributed by atoms with Gasteiger partial charge in [-0.1, -0.05) is 86.3 Å². The Bertz CT molecular complexity index is 1300. The van der Waals surface area contributed by atoms with Crippen molar-refractivity contribution in [2.45, 2.75) is 32.1 Å². The number of nitrogens with zero attached hydrogens (tertiary/aromatic N) is 4. The Labute approximate surface area is 185 Å². The zero-order valence-corrected chi connectivity index (χ0v) is 18.8. The van der Waals surface area contributed by atoms with Crippen molar-refractivity contribution in [3.8, 4) is 0 Å². The maximum Gasteiger partial charge on any atom is 0.332 e. The zero-order valence-electron chi connectivity index (χ0n) is 18.0. The van der Waals surface area contributed by atoms with E-state index in [-0.39, 0.29) is 17.8 Å². The van der Waals surface area contributed by atoms with E-state index in [1.165, 1.54) is 9.13 Å². The van der Waals surface area contributed by atoms with Crippen LogP contribution in [0, 0.1) is 5.92 Å². The number of fused-ring (bicyclic) bond motifs is 1. The first kappa shape index (κ1) is 21.2. The van der Waals surface area contributed by atoms with Gasteiger partial charge in [-0.3, -0.25) is 13.9 Å². The molecule has 0 N–H and O–H groups in total. The number of thioether (sulfide) groups is 1. The van der Waals surface area contributed by atoms with E-state index in [2.05, 4.69) is 13.8 Å². The molecular weight excluding hydrogens is 408 g/mol. The highest BCUT2D eigenvalue weighted by Gasteiger charge is 2.21. The molecule has 0 atom stereocenters. The average molecular weight is 435 g/mol. The summed E-state index contributed by atoms with van der Waals surface area (Å²) in [5.41, 5.74) is 2.23. The number of imidazole rings is 1. The summed E-state index contributed by atoms with van der Waals surface area (Å²) >= 11 is 1.62. The van der Waals surface area contributed by atoms with Gasteiger partial charge in [0.05, 0.1) is 13.1 Å². The van der Waals surface area contributed by atoms with Gasteiger partial charge in [0, 0.05) is 12.8 Å². The Morgan fingerprint density at radius 2 is 1.42 bits per heavy atom. The quantitative estimate of drug-likeness (QED) is 0.416. The standard InChI is InChI=1S/C24H26N4O2S/c1-17(2)16-31-23-25-21-20(27(23)14-18-10-6-4-7-11-18)22(29)28(24(30)26(21)3)15-19-12-8-5-9-13-19/h4-13,17H,14-16H2,1-3H3. The molecule has 160 valence electrons. The van der Waals surface area contributed by atoms with Gasteiger partial charge in [-0.25, -0.2) is 9.78 Å². The highest BCUT2D eigenvalue weighted by Crippen LogP contribution is 2.24. The number of hydrogen-bond acceptors (Lipinski definition) is 4. The van der Waals surface area contributed by atoms with Crippen molar-refractivity contribution in [3.05, 3.63) is 92.6 Å². The summed E-state index contributed by atoms with van der Waals surface area (Å²) in [6.07, 6.45) is 0. The molecule has 4 rings (SSSR count). The number of aromatic nitrogens is 4. The highest BCUT2D eigenvalue weighted by molar-refractivity contribution is 7.99. The fourth-order valence-corrected chi connectivity index (χ4v) is 4.47. The molecule has 0 bridgehead atoms. The lowest BCUT2D eigenvalue weighted by Gasteiger charge is -2.12. The van der Waals surface area contributed by atoms with Gasteiger partial charge in [0.25, 0.3) is 5.56 Å². The van der Waals surface area contributed by atoms with E-state index in [4.69, 9.17) is 4.98 Å². The smallest absolute Gasteiger partial charge is 0.309 e. The minimum atomic E-state index is -0.355. The van der Waals surface area contributed by atoms with Crippen LogP contribution in [0.15, 0.2) is 75.4 Å². The molecule has 2 aromatic heterocycles. The summed E-state index contributed by atoms with van der Waals surface area (Å²) in [5, 5.41) is 0.761. The van der Waals surface area contributed by atoms with E-state index in [9.17, 15) is 9.59 Å². The van der Waals surface area contributed by atoms with E-state index in [1.54, 1.807) is 18.8 Å². The minimum Gasteiger partial charge on any atom is -0.309 e. The summed E-state index contributed by atoms with van der Waals surface area (Å²) in [5.74, 6) is 1.36. The minimum absolute atomic E-state index is 0.229. The lowest BCUT2D eigenvalue weighted by Crippen LogP contribution is -2.40. The van der Waals surface area contributed by atoms with Gasteiger partial charge >= 0.3 is 5.69 Å². The molecule has 6 nitrogen and oxygen atoms in total. The monoisotopic (exact) mass is 434 g/mol. The summed E-state index contributed by atoms with van der Waals surface area (Å²) in [4.78, 5) is 31.3. The molecule has 0 radical (unpaired) electrons. The largest absolute Gasteiger partial charge is 0.332 e. The van der Waals surface area contributed by atoms with Crippen LogP contribution in [0.2, 0.25) is 0 Å². The summed E-state index contributed by atoms with van der Waals surface area (Å²) in [6.45, 7) is 5.06. The normalized spacial score (nSPS) is 11.5. The maximum atomic E-state index is 13.5. The Kier molecular flexibility index (Phi) is 6.13. The van der Waals surface area contributed by atoms with Crippen molar-refractivity contribution in [2.75, 3.05) is 5.75 Å². The lowest BCUT2D eigenvalue weighted by molar-refractivity contribution is 0.651. The summed E-state index contributed by atoms with van der Waals surface area (Å²) in [6, 6.07) is 19.6. The van der Waals surface area contributed by atoms with Crippen molar-refractivity contribution in [1.82, 2.24) is 18.7 Å². The van der Waals surface area contributed by atoms with E-state index in [0.29, 0.717) is 23.6 Å². The Morgan fingerprint density at radius 3 is 1.97 bits per heavy atom. The molecule has 31 heavy (non-hydrogen) atoms. The molecule has 0 aliphatic carbocycles. The van der Waals surface area contributed by atoms with Crippen LogP contribution in [0.4, 0.5) is 0 Å².